The van der Waals surface area contributed by atoms with Gasteiger partial charge in [0.2, 0.25) is 11.8 Å². The maximum absolute atomic E-state index is 12.7. The van der Waals surface area contributed by atoms with Crippen molar-refractivity contribution in [1.82, 2.24) is 4.90 Å². The fourth-order valence-corrected chi connectivity index (χ4v) is 4.22. The highest BCUT2D eigenvalue weighted by molar-refractivity contribution is 5.85. The molecule has 4 heteroatoms. The first kappa shape index (κ1) is 21.1. The van der Waals surface area contributed by atoms with Gasteiger partial charge in [0.1, 0.15) is 0 Å². The maximum Gasteiger partial charge on any atom is 0.225 e. The SMILES string of the molecule is Cc1cccc(-c2ccccc2CC2(C(N)=O)CCN(C(=O)CC(C)(C)C)C2)c1. The third-order valence-electron chi connectivity index (χ3n) is 5.79. The van der Waals surface area contributed by atoms with Gasteiger partial charge in [-0.1, -0.05) is 74.9 Å². The second kappa shape index (κ2) is 8.02. The monoisotopic (exact) mass is 392 g/mol. The Morgan fingerprint density at radius 1 is 1.10 bits per heavy atom. The van der Waals surface area contributed by atoms with Crippen LogP contribution in [0.2, 0.25) is 0 Å². The Hall–Kier alpha value is -2.62. The van der Waals surface area contributed by atoms with Gasteiger partial charge in [0.05, 0.1) is 5.41 Å². The fourth-order valence-electron chi connectivity index (χ4n) is 4.22. The van der Waals surface area contributed by atoms with Crippen LogP contribution in [0.3, 0.4) is 0 Å². The minimum Gasteiger partial charge on any atom is -0.369 e. The van der Waals surface area contributed by atoms with E-state index in [0.29, 0.717) is 32.4 Å². The van der Waals surface area contributed by atoms with Crippen LogP contribution >= 0.6 is 0 Å². The highest BCUT2D eigenvalue weighted by Crippen LogP contribution is 2.38. The summed E-state index contributed by atoms with van der Waals surface area (Å²) in [6, 6.07) is 16.6. The molecule has 1 fully saturated rings. The maximum atomic E-state index is 12.7. The molecule has 29 heavy (non-hydrogen) atoms. The predicted octanol–water partition coefficient (Wildman–Crippen LogP) is 4.34. The molecule has 1 aliphatic rings. The number of hydrogen-bond acceptors (Lipinski definition) is 2. The quantitative estimate of drug-likeness (QED) is 0.822. The van der Waals surface area contributed by atoms with Crippen molar-refractivity contribution >= 4 is 11.8 Å². The van der Waals surface area contributed by atoms with Crippen molar-refractivity contribution in [2.75, 3.05) is 13.1 Å². The van der Waals surface area contributed by atoms with E-state index in [0.717, 1.165) is 16.7 Å². The lowest BCUT2D eigenvalue weighted by Crippen LogP contribution is -2.43. The molecule has 2 amide bonds. The van der Waals surface area contributed by atoms with E-state index in [1.165, 1.54) is 5.56 Å². The van der Waals surface area contributed by atoms with Crippen molar-refractivity contribution in [3.05, 3.63) is 59.7 Å². The molecule has 0 spiro atoms. The van der Waals surface area contributed by atoms with Gasteiger partial charge in [-0.2, -0.15) is 0 Å². The number of carbonyl (C=O) groups is 2. The molecular formula is C25H32N2O2. The summed E-state index contributed by atoms with van der Waals surface area (Å²) in [7, 11) is 0. The van der Waals surface area contributed by atoms with Gasteiger partial charge in [0.15, 0.2) is 0 Å². The van der Waals surface area contributed by atoms with Crippen molar-refractivity contribution in [2.45, 2.75) is 47.0 Å². The first-order chi connectivity index (χ1) is 13.6. The molecule has 1 aliphatic heterocycles. The lowest BCUT2D eigenvalue weighted by Gasteiger charge is -2.28. The molecule has 0 bridgehead atoms. The third-order valence-corrected chi connectivity index (χ3v) is 5.79. The first-order valence-corrected chi connectivity index (χ1v) is 10.3. The van der Waals surface area contributed by atoms with Crippen LogP contribution in [-0.4, -0.2) is 29.8 Å². The lowest BCUT2D eigenvalue weighted by molar-refractivity contribution is -0.133. The van der Waals surface area contributed by atoms with E-state index in [-0.39, 0.29) is 17.2 Å². The topological polar surface area (TPSA) is 63.4 Å². The minimum absolute atomic E-state index is 0.0766. The molecule has 0 aromatic heterocycles. The molecule has 3 rings (SSSR count). The molecule has 1 heterocycles. The minimum atomic E-state index is -0.715. The molecule has 2 aromatic rings. The van der Waals surface area contributed by atoms with E-state index in [9.17, 15) is 9.59 Å². The second-order valence-corrected chi connectivity index (χ2v) is 9.65. The number of likely N-dealkylation sites (tertiary alicyclic amines) is 1. The molecule has 4 nitrogen and oxygen atoms in total. The number of nitrogens with two attached hydrogens (primary N) is 1. The summed E-state index contributed by atoms with van der Waals surface area (Å²) in [5.74, 6) is -0.213. The van der Waals surface area contributed by atoms with Crippen LogP contribution in [0, 0.1) is 17.8 Å². The van der Waals surface area contributed by atoms with Gasteiger partial charge in [0.25, 0.3) is 0 Å². The van der Waals surface area contributed by atoms with Crippen molar-refractivity contribution in [1.29, 1.82) is 0 Å². The largest absolute Gasteiger partial charge is 0.369 e. The Kier molecular flexibility index (Phi) is 5.83. The van der Waals surface area contributed by atoms with Gasteiger partial charge < -0.3 is 10.6 Å². The summed E-state index contributed by atoms with van der Waals surface area (Å²) in [4.78, 5) is 27.1. The summed E-state index contributed by atoms with van der Waals surface area (Å²) in [5, 5.41) is 0. The number of aryl methyl sites for hydroxylation is 1. The molecule has 154 valence electrons. The molecule has 1 atom stereocenters. The molecule has 0 radical (unpaired) electrons. The van der Waals surface area contributed by atoms with Gasteiger partial charge >= 0.3 is 0 Å². The van der Waals surface area contributed by atoms with E-state index >= 15 is 0 Å². The summed E-state index contributed by atoms with van der Waals surface area (Å²) < 4.78 is 0. The predicted molar refractivity (Wildman–Crippen MR) is 117 cm³/mol. The first-order valence-electron chi connectivity index (χ1n) is 10.3. The smallest absolute Gasteiger partial charge is 0.225 e. The molecule has 1 saturated heterocycles. The molecule has 2 N–H and O–H groups in total. The van der Waals surface area contributed by atoms with Gasteiger partial charge in [-0.25, -0.2) is 0 Å². The Morgan fingerprint density at radius 3 is 2.48 bits per heavy atom. The number of carbonyl (C=O) groups excluding carboxylic acids is 2. The Morgan fingerprint density at radius 2 is 1.83 bits per heavy atom. The highest BCUT2D eigenvalue weighted by Gasteiger charge is 2.45. The standard InChI is InChI=1S/C25H32N2O2/c1-18-8-7-10-19(14-18)21-11-6-5-9-20(21)15-25(23(26)29)12-13-27(17-25)22(28)16-24(2,3)4/h5-11,14H,12-13,15-17H2,1-4H3,(H2,26,29). The lowest BCUT2D eigenvalue weighted by atomic mass is 9.78. The van der Waals surface area contributed by atoms with Gasteiger partial charge in [0, 0.05) is 19.5 Å². The van der Waals surface area contributed by atoms with E-state index in [4.69, 9.17) is 5.73 Å². The van der Waals surface area contributed by atoms with E-state index in [1.54, 1.807) is 0 Å². The number of amides is 2. The molecular weight excluding hydrogens is 360 g/mol. The highest BCUT2D eigenvalue weighted by atomic mass is 16.2. The van der Waals surface area contributed by atoms with E-state index in [2.05, 4.69) is 58.0 Å². The molecule has 1 unspecified atom stereocenters. The van der Waals surface area contributed by atoms with Gasteiger partial charge in [-0.15, -0.1) is 0 Å². The Labute approximate surface area is 174 Å². The summed E-state index contributed by atoms with van der Waals surface area (Å²) in [6.07, 6.45) is 1.63. The normalized spacial score (nSPS) is 19.4. The molecule has 0 saturated carbocycles. The summed E-state index contributed by atoms with van der Waals surface area (Å²) in [5.41, 5.74) is 9.67. The van der Waals surface area contributed by atoms with Crippen LogP contribution in [0.25, 0.3) is 11.1 Å². The number of primary amides is 1. The number of hydrogen-bond donors (Lipinski definition) is 1. The van der Waals surface area contributed by atoms with E-state index in [1.807, 2.05) is 23.1 Å². The molecule has 2 aromatic carbocycles. The summed E-state index contributed by atoms with van der Waals surface area (Å²) >= 11 is 0. The number of benzene rings is 2. The van der Waals surface area contributed by atoms with Crippen LogP contribution in [0.1, 0.15) is 44.7 Å². The zero-order valence-electron chi connectivity index (χ0n) is 18.0. The average molecular weight is 393 g/mol. The average Bonchev–Trinajstić information content (AvgIpc) is 3.07. The van der Waals surface area contributed by atoms with E-state index < -0.39 is 5.41 Å². The third kappa shape index (κ3) is 4.87. The molecule has 0 aliphatic carbocycles. The van der Waals surface area contributed by atoms with Crippen molar-refractivity contribution in [3.8, 4) is 11.1 Å². The zero-order chi connectivity index (χ0) is 21.2. The number of rotatable bonds is 5. The van der Waals surface area contributed by atoms with Crippen LogP contribution in [-0.2, 0) is 16.0 Å². The van der Waals surface area contributed by atoms with Crippen molar-refractivity contribution in [3.63, 3.8) is 0 Å². The fraction of sp³-hybridized carbons (Fsp3) is 0.440. The number of nitrogens with zero attached hydrogens (tertiary/aromatic N) is 1. The summed E-state index contributed by atoms with van der Waals surface area (Å²) in [6.45, 7) is 9.23. The van der Waals surface area contributed by atoms with Crippen LogP contribution in [0.15, 0.2) is 48.5 Å². The van der Waals surface area contributed by atoms with Crippen LogP contribution in [0.5, 0.6) is 0 Å². The van der Waals surface area contributed by atoms with Crippen molar-refractivity contribution < 1.29 is 9.59 Å². The van der Waals surface area contributed by atoms with Crippen LogP contribution < -0.4 is 5.73 Å². The van der Waals surface area contributed by atoms with Gasteiger partial charge in [-0.05, 0) is 41.9 Å². The zero-order valence-corrected chi connectivity index (χ0v) is 18.0. The van der Waals surface area contributed by atoms with Crippen molar-refractivity contribution in [2.24, 2.45) is 16.6 Å². The Balaban J connectivity index is 1.88. The second-order valence-electron chi connectivity index (χ2n) is 9.65. The Bertz CT molecular complexity index is 913. The van der Waals surface area contributed by atoms with Crippen LogP contribution in [0.4, 0.5) is 0 Å². The van der Waals surface area contributed by atoms with Gasteiger partial charge in [-0.3, -0.25) is 9.59 Å².